The van der Waals surface area contributed by atoms with E-state index >= 15 is 0 Å². The molecular formula is C31H26O9. The van der Waals surface area contributed by atoms with Crippen LogP contribution in [0.3, 0.4) is 0 Å². The molecule has 0 fully saturated rings. The van der Waals surface area contributed by atoms with Gasteiger partial charge in [-0.15, -0.1) is 0 Å². The number of para-hydroxylation sites is 1. The Balaban J connectivity index is 1.28. The molecule has 3 aliphatic heterocycles. The quantitative estimate of drug-likeness (QED) is 0.390. The summed E-state index contributed by atoms with van der Waals surface area (Å²) in [7, 11) is 1.54. The average molecular weight is 543 g/mol. The first-order chi connectivity index (χ1) is 19.5. The molecule has 0 aliphatic carbocycles. The van der Waals surface area contributed by atoms with Crippen LogP contribution in [0.1, 0.15) is 16.7 Å². The molecule has 0 saturated heterocycles. The van der Waals surface area contributed by atoms with Crippen molar-refractivity contribution < 1.29 is 43.1 Å². The van der Waals surface area contributed by atoms with Crippen molar-refractivity contribution in [1.82, 2.24) is 0 Å². The van der Waals surface area contributed by atoms with Crippen molar-refractivity contribution in [1.29, 1.82) is 0 Å². The number of ether oxygens (including phenoxy) is 7. The van der Waals surface area contributed by atoms with Crippen LogP contribution in [0.25, 0.3) is 0 Å². The predicted octanol–water partition coefficient (Wildman–Crippen LogP) is 4.58. The van der Waals surface area contributed by atoms with Gasteiger partial charge in [-0.25, -0.2) is 4.79 Å². The Morgan fingerprint density at radius 1 is 0.975 bits per heavy atom. The van der Waals surface area contributed by atoms with Crippen molar-refractivity contribution in [3.05, 3.63) is 131 Å². The zero-order valence-corrected chi connectivity index (χ0v) is 21.6. The monoisotopic (exact) mass is 542 g/mol. The predicted molar refractivity (Wildman–Crippen MR) is 140 cm³/mol. The largest absolute Gasteiger partial charge is 0.497 e. The zero-order valence-electron chi connectivity index (χ0n) is 21.6. The van der Waals surface area contributed by atoms with Gasteiger partial charge in [-0.2, -0.15) is 0 Å². The van der Waals surface area contributed by atoms with Gasteiger partial charge < -0.3 is 38.3 Å². The highest BCUT2D eigenvalue weighted by atomic mass is 16.8. The van der Waals surface area contributed by atoms with Crippen LogP contribution >= 0.6 is 0 Å². The molecule has 0 aromatic heterocycles. The molecule has 0 amide bonds. The summed E-state index contributed by atoms with van der Waals surface area (Å²) in [5.41, 5.74) is 2.45. The number of carbonyl (C=O) groups excluding carboxylic acids is 1. The highest BCUT2D eigenvalue weighted by Gasteiger charge is 2.50. The number of carbonyl (C=O) groups is 1. The van der Waals surface area contributed by atoms with Gasteiger partial charge in [-0.1, -0.05) is 48.5 Å². The second-order valence-corrected chi connectivity index (χ2v) is 9.22. The summed E-state index contributed by atoms with van der Waals surface area (Å²) < 4.78 is 39.1. The Morgan fingerprint density at radius 2 is 1.75 bits per heavy atom. The Labute approximate surface area is 230 Å². The Bertz CT molecular complexity index is 1490. The van der Waals surface area contributed by atoms with Crippen LogP contribution in [0.15, 0.2) is 114 Å². The minimum Gasteiger partial charge on any atom is -0.497 e. The smallest absolute Gasteiger partial charge is 0.345 e. The average Bonchev–Trinajstić information content (AvgIpc) is 3.71. The molecule has 0 saturated carbocycles. The number of methoxy groups -OCH3 is 1. The minimum atomic E-state index is -2.06. The van der Waals surface area contributed by atoms with Crippen molar-refractivity contribution >= 4 is 5.97 Å². The van der Waals surface area contributed by atoms with E-state index in [0.29, 0.717) is 29.0 Å². The summed E-state index contributed by atoms with van der Waals surface area (Å²) in [4.78, 5) is 13.1. The fourth-order valence-electron chi connectivity index (χ4n) is 4.73. The second-order valence-electron chi connectivity index (χ2n) is 9.22. The molecule has 40 heavy (non-hydrogen) atoms. The van der Waals surface area contributed by atoms with E-state index in [0.717, 1.165) is 5.56 Å². The first-order valence-electron chi connectivity index (χ1n) is 12.6. The molecule has 0 bridgehead atoms. The standard InChI is InChI=1S/C31H26O9/c1-34-23-13-11-22(12-14-23)31(33)24(29(30(32)40-31)26-17-35-19-37-26)16-21-9-5-6-10-25(21)38-28-18-36-27(39-28)15-20-7-3-2-4-8-20/h2-14,17-18,27,33H,15-16,19H2,1H3. The van der Waals surface area contributed by atoms with Gasteiger partial charge in [0.2, 0.25) is 13.1 Å². The maximum atomic E-state index is 13.1. The van der Waals surface area contributed by atoms with Gasteiger partial charge in [-0.3, -0.25) is 0 Å². The van der Waals surface area contributed by atoms with Crippen LogP contribution in [-0.2, 0) is 47.1 Å². The lowest BCUT2D eigenvalue weighted by Crippen LogP contribution is -2.29. The van der Waals surface area contributed by atoms with Crippen LogP contribution in [0.4, 0.5) is 0 Å². The van der Waals surface area contributed by atoms with E-state index in [1.165, 1.54) is 12.5 Å². The van der Waals surface area contributed by atoms with Gasteiger partial charge >= 0.3 is 11.9 Å². The summed E-state index contributed by atoms with van der Waals surface area (Å²) in [5.74, 6) is -1.37. The number of aliphatic hydroxyl groups is 1. The molecule has 0 spiro atoms. The fourth-order valence-corrected chi connectivity index (χ4v) is 4.73. The van der Waals surface area contributed by atoms with Gasteiger partial charge in [0.05, 0.1) is 7.11 Å². The summed E-state index contributed by atoms with van der Waals surface area (Å²) >= 11 is 0. The summed E-state index contributed by atoms with van der Waals surface area (Å²) in [6.07, 6.45) is 2.88. The second kappa shape index (κ2) is 10.7. The van der Waals surface area contributed by atoms with Crippen LogP contribution in [0.5, 0.6) is 11.5 Å². The van der Waals surface area contributed by atoms with E-state index in [-0.39, 0.29) is 36.1 Å². The van der Waals surface area contributed by atoms with Crippen LogP contribution in [0, 0.1) is 0 Å². The maximum absolute atomic E-state index is 13.1. The molecule has 0 radical (unpaired) electrons. The first-order valence-corrected chi connectivity index (χ1v) is 12.6. The number of esters is 1. The van der Waals surface area contributed by atoms with Crippen molar-refractivity contribution in [2.75, 3.05) is 13.9 Å². The van der Waals surface area contributed by atoms with Crippen molar-refractivity contribution in [3.63, 3.8) is 0 Å². The topological polar surface area (TPSA) is 102 Å². The normalized spacial score (nSPS) is 21.4. The Kier molecular flexibility index (Phi) is 6.79. The number of hydrogen-bond acceptors (Lipinski definition) is 9. The molecule has 3 aromatic rings. The van der Waals surface area contributed by atoms with Crippen LogP contribution in [0.2, 0.25) is 0 Å². The maximum Gasteiger partial charge on any atom is 0.345 e. The van der Waals surface area contributed by atoms with E-state index in [2.05, 4.69) is 0 Å². The third-order valence-corrected chi connectivity index (χ3v) is 6.72. The SMILES string of the molecule is COc1ccc(C2(O)OC(=O)C(C3=COCO3)=C2Cc2ccccc2OC2=COC(Cc3ccccc3)O2)cc1. The Morgan fingerprint density at radius 3 is 2.50 bits per heavy atom. The van der Waals surface area contributed by atoms with Crippen molar-refractivity contribution in [2.24, 2.45) is 0 Å². The van der Waals surface area contributed by atoms with Gasteiger partial charge in [0.25, 0.3) is 5.79 Å². The highest BCUT2D eigenvalue weighted by Crippen LogP contribution is 2.45. The van der Waals surface area contributed by atoms with E-state index in [1.807, 2.05) is 48.5 Å². The third kappa shape index (κ3) is 4.94. The van der Waals surface area contributed by atoms with Crippen molar-refractivity contribution in [3.8, 4) is 11.5 Å². The Hall–Kier alpha value is -4.89. The molecular weight excluding hydrogens is 516 g/mol. The van der Waals surface area contributed by atoms with E-state index in [1.54, 1.807) is 37.4 Å². The first kappa shape index (κ1) is 25.4. The van der Waals surface area contributed by atoms with Crippen molar-refractivity contribution in [2.45, 2.75) is 24.9 Å². The van der Waals surface area contributed by atoms with Crippen LogP contribution in [-0.4, -0.2) is 31.3 Å². The minimum absolute atomic E-state index is 0.0459. The molecule has 3 aliphatic rings. The van der Waals surface area contributed by atoms with Gasteiger partial charge in [-0.05, 0) is 41.5 Å². The molecule has 9 nitrogen and oxygen atoms in total. The third-order valence-electron chi connectivity index (χ3n) is 6.72. The number of rotatable bonds is 9. The number of hydrogen-bond donors (Lipinski definition) is 1. The molecule has 9 heteroatoms. The number of benzene rings is 3. The highest BCUT2D eigenvalue weighted by molar-refractivity contribution is 5.97. The molecule has 3 heterocycles. The van der Waals surface area contributed by atoms with Gasteiger partial charge in [0, 0.05) is 24.0 Å². The van der Waals surface area contributed by atoms with E-state index < -0.39 is 18.0 Å². The lowest BCUT2D eigenvalue weighted by molar-refractivity contribution is -0.186. The zero-order chi connectivity index (χ0) is 27.5. The van der Waals surface area contributed by atoms with Gasteiger partial charge in [0.1, 0.15) is 23.3 Å². The molecule has 6 rings (SSSR count). The van der Waals surface area contributed by atoms with Crippen LogP contribution < -0.4 is 9.47 Å². The summed E-state index contributed by atoms with van der Waals surface area (Å²) in [5, 5.41) is 11.8. The van der Waals surface area contributed by atoms with Gasteiger partial charge in [0.15, 0.2) is 12.0 Å². The molecule has 3 aromatic carbocycles. The molecule has 2 atom stereocenters. The van der Waals surface area contributed by atoms with E-state index in [9.17, 15) is 9.90 Å². The summed E-state index contributed by atoms with van der Waals surface area (Å²) in [6, 6.07) is 23.7. The lowest BCUT2D eigenvalue weighted by atomic mass is 9.89. The fraction of sp³-hybridized carbons (Fsp3) is 0.194. The lowest BCUT2D eigenvalue weighted by Gasteiger charge is -2.26. The molecule has 1 N–H and O–H groups in total. The molecule has 2 unspecified atom stereocenters. The number of cyclic esters (lactones) is 1. The summed E-state index contributed by atoms with van der Waals surface area (Å²) in [6.45, 7) is -0.0459. The molecule has 204 valence electrons. The van der Waals surface area contributed by atoms with E-state index in [4.69, 9.17) is 33.2 Å².